The van der Waals surface area contributed by atoms with Gasteiger partial charge in [0, 0.05) is 12.6 Å². The fraction of sp³-hybridized carbons (Fsp3) is 0.154. The van der Waals surface area contributed by atoms with Gasteiger partial charge >= 0.3 is 0 Å². The maximum absolute atomic E-state index is 5.93. The number of rotatable bonds is 1. The minimum atomic E-state index is 0.462. The third-order valence-corrected chi connectivity index (χ3v) is 2.97. The lowest BCUT2D eigenvalue weighted by Crippen LogP contribution is -1.95. The van der Waals surface area contributed by atoms with Crippen molar-refractivity contribution in [2.45, 2.75) is 6.92 Å². The highest BCUT2D eigenvalue weighted by Crippen LogP contribution is 2.29. The largest absolute Gasteiger partial charge is 0.383 e. The van der Waals surface area contributed by atoms with Crippen LogP contribution in [0.25, 0.3) is 22.3 Å². The molecule has 0 aliphatic carbocycles. The van der Waals surface area contributed by atoms with Gasteiger partial charge in [-0.1, -0.05) is 29.8 Å². The summed E-state index contributed by atoms with van der Waals surface area (Å²) in [6, 6.07) is 8.17. The second kappa shape index (κ2) is 3.80. The molecule has 0 radical (unpaired) electrons. The number of anilines is 1. The third-order valence-electron chi connectivity index (χ3n) is 2.97. The lowest BCUT2D eigenvalue weighted by atomic mass is 10.1. The van der Waals surface area contributed by atoms with Crippen LogP contribution in [-0.2, 0) is 7.05 Å². The molecule has 90 valence electrons. The van der Waals surface area contributed by atoms with Crippen molar-refractivity contribution in [1.82, 2.24) is 19.7 Å². The number of nitrogens with zero attached hydrogens (tertiary/aromatic N) is 4. The number of nitrogen functional groups attached to an aromatic ring is 1. The molecule has 0 bridgehead atoms. The number of hydrogen-bond donors (Lipinski definition) is 1. The maximum Gasteiger partial charge on any atom is 0.163 e. The number of aryl methyl sites for hydroxylation is 2. The Balaban J connectivity index is 2.32. The molecule has 0 fully saturated rings. The van der Waals surface area contributed by atoms with E-state index in [-0.39, 0.29) is 0 Å². The van der Waals surface area contributed by atoms with E-state index in [0.29, 0.717) is 5.82 Å². The van der Waals surface area contributed by atoms with Gasteiger partial charge in [0.05, 0.1) is 5.39 Å². The summed E-state index contributed by atoms with van der Waals surface area (Å²) in [5.41, 5.74) is 9.74. The molecule has 0 aliphatic rings. The van der Waals surface area contributed by atoms with Crippen LogP contribution in [0.4, 0.5) is 5.82 Å². The van der Waals surface area contributed by atoms with E-state index < -0.39 is 0 Å². The van der Waals surface area contributed by atoms with Crippen LogP contribution in [0.1, 0.15) is 5.56 Å². The summed E-state index contributed by atoms with van der Waals surface area (Å²) in [6.07, 6.45) is 1.46. The van der Waals surface area contributed by atoms with E-state index in [4.69, 9.17) is 5.73 Å². The van der Waals surface area contributed by atoms with Crippen molar-refractivity contribution < 1.29 is 0 Å². The van der Waals surface area contributed by atoms with Crippen molar-refractivity contribution >= 4 is 16.9 Å². The number of benzene rings is 1. The van der Waals surface area contributed by atoms with Crippen LogP contribution in [-0.4, -0.2) is 19.7 Å². The summed E-state index contributed by atoms with van der Waals surface area (Å²) >= 11 is 0. The Bertz CT molecular complexity index is 712. The Labute approximate surface area is 104 Å². The molecule has 3 rings (SSSR count). The SMILES string of the molecule is Cc1ccc(-c2nn(C)c3ncnc(N)c23)cc1. The smallest absolute Gasteiger partial charge is 0.163 e. The van der Waals surface area contributed by atoms with E-state index in [2.05, 4.69) is 34.1 Å². The molecule has 2 aromatic heterocycles. The summed E-state index contributed by atoms with van der Waals surface area (Å²) in [5, 5.41) is 5.29. The molecule has 18 heavy (non-hydrogen) atoms. The third kappa shape index (κ3) is 1.52. The molecule has 0 unspecified atom stereocenters. The van der Waals surface area contributed by atoms with Crippen LogP contribution in [0.15, 0.2) is 30.6 Å². The van der Waals surface area contributed by atoms with E-state index >= 15 is 0 Å². The van der Waals surface area contributed by atoms with E-state index in [9.17, 15) is 0 Å². The molecular weight excluding hydrogens is 226 g/mol. The zero-order valence-corrected chi connectivity index (χ0v) is 10.3. The van der Waals surface area contributed by atoms with Gasteiger partial charge in [0.25, 0.3) is 0 Å². The number of hydrogen-bond acceptors (Lipinski definition) is 4. The second-order valence-corrected chi connectivity index (χ2v) is 4.30. The normalized spacial score (nSPS) is 11.0. The van der Waals surface area contributed by atoms with Crippen molar-refractivity contribution in [3.05, 3.63) is 36.2 Å². The van der Waals surface area contributed by atoms with Crippen LogP contribution in [0.2, 0.25) is 0 Å². The monoisotopic (exact) mass is 239 g/mol. The zero-order valence-electron chi connectivity index (χ0n) is 10.3. The number of fused-ring (bicyclic) bond motifs is 1. The predicted octanol–water partition coefficient (Wildman–Crippen LogP) is 1.92. The molecule has 3 aromatic rings. The molecule has 5 nitrogen and oxygen atoms in total. The minimum absolute atomic E-state index is 0.462. The van der Waals surface area contributed by atoms with Crippen molar-refractivity contribution in [2.24, 2.45) is 7.05 Å². The Morgan fingerprint density at radius 1 is 1.11 bits per heavy atom. The lowest BCUT2D eigenvalue weighted by Gasteiger charge is -1.99. The first-order valence-electron chi connectivity index (χ1n) is 5.67. The predicted molar refractivity (Wildman–Crippen MR) is 70.9 cm³/mol. The fourth-order valence-electron chi connectivity index (χ4n) is 2.02. The van der Waals surface area contributed by atoms with Gasteiger partial charge in [-0.15, -0.1) is 0 Å². The zero-order chi connectivity index (χ0) is 12.7. The highest BCUT2D eigenvalue weighted by Gasteiger charge is 2.14. The summed E-state index contributed by atoms with van der Waals surface area (Å²) < 4.78 is 1.72. The average Bonchev–Trinajstić information content (AvgIpc) is 2.70. The number of nitrogens with two attached hydrogens (primary N) is 1. The molecule has 5 heteroatoms. The molecule has 0 saturated carbocycles. The van der Waals surface area contributed by atoms with Crippen LogP contribution < -0.4 is 5.73 Å². The van der Waals surface area contributed by atoms with Crippen LogP contribution in [0.3, 0.4) is 0 Å². The molecule has 0 saturated heterocycles. The van der Waals surface area contributed by atoms with Gasteiger partial charge in [-0.2, -0.15) is 5.10 Å². The molecule has 0 aliphatic heterocycles. The van der Waals surface area contributed by atoms with Gasteiger partial charge < -0.3 is 5.73 Å². The highest BCUT2D eigenvalue weighted by molar-refractivity contribution is 5.98. The molecular formula is C13H13N5. The molecule has 1 aromatic carbocycles. The standard InChI is InChI=1S/C13H13N5/c1-8-3-5-9(6-4-8)11-10-12(14)15-7-16-13(10)18(2)17-11/h3-7H,1-2H3,(H2,14,15,16). The summed E-state index contributed by atoms with van der Waals surface area (Å²) in [6.45, 7) is 2.05. The molecule has 0 atom stereocenters. The lowest BCUT2D eigenvalue weighted by molar-refractivity contribution is 0.788. The Hall–Kier alpha value is -2.43. The molecule has 2 heterocycles. The first-order valence-corrected chi connectivity index (χ1v) is 5.67. The first kappa shape index (κ1) is 10.7. The topological polar surface area (TPSA) is 69.6 Å². The first-order chi connectivity index (χ1) is 8.66. The number of aromatic nitrogens is 4. The van der Waals surface area contributed by atoms with Gasteiger partial charge in [0.2, 0.25) is 0 Å². The van der Waals surface area contributed by atoms with Gasteiger partial charge in [0.15, 0.2) is 5.65 Å². The molecule has 2 N–H and O–H groups in total. The van der Waals surface area contributed by atoms with Crippen molar-refractivity contribution in [3.63, 3.8) is 0 Å². The summed E-state index contributed by atoms with van der Waals surface area (Å²) in [7, 11) is 1.85. The van der Waals surface area contributed by atoms with Crippen molar-refractivity contribution in [2.75, 3.05) is 5.73 Å². The minimum Gasteiger partial charge on any atom is -0.383 e. The van der Waals surface area contributed by atoms with Crippen molar-refractivity contribution in [1.29, 1.82) is 0 Å². The van der Waals surface area contributed by atoms with E-state index in [0.717, 1.165) is 22.3 Å². The van der Waals surface area contributed by atoms with Crippen LogP contribution >= 0.6 is 0 Å². The fourth-order valence-corrected chi connectivity index (χ4v) is 2.02. The average molecular weight is 239 g/mol. The highest BCUT2D eigenvalue weighted by atomic mass is 15.3. The van der Waals surface area contributed by atoms with Crippen molar-refractivity contribution in [3.8, 4) is 11.3 Å². The van der Waals surface area contributed by atoms with Crippen LogP contribution in [0, 0.1) is 6.92 Å². The van der Waals surface area contributed by atoms with E-state index in [1.807, 2.05) is 19.2 Å². The molecule has 0 spiro atoms. The van der Waals surface area contributed by atoms with Gasteiger partial charge in [-0.25, -0.2) is 14.6 Å². The Morgan fingerprint density at radius 2 is 1.83 bits per heavy atom. The maximum atomic E-state index is 5.93. The van der Waals surface area contributed by atoms with E-state index in [1.165, 1.54) is 11.9 Å². The van der Waals surface area contributed by atoms with E-state index in [1.54, 1.807) is 4.68 Å². The summed E-state index contributed by atoms with van der Waals surface area (Å²) in [4.78, 5) is 8.25. The Morgan fingerprint density at radius 3 is 2.56 bits per heavy atom. The second-order valence-electron chi connectivity index (χ2n) is 4.30. The summed E-state index contributed by atoms with van der Waals surface area (Å²) in [5.74, 6) is 0.462. The Kier molecular flexibility index (Phi) is 2.26. The van der Waals surface area contributed by atoms with Gasteiger partial charge in [-0.3, -0.25) is 0 Å². The molecule has 0 amide bonds. The van der Waals surface area contributed by atoms with Gasteiger partial charge in [0.1, 0.15) is 17.8 Å². The van der Waals surface area contributed by atoms with Crippen LogP contribution in [0.5, 0.6) is 0 Å². The van der Waals surface area contributed by atoms with Gasteiger partial charge in [-0.05, 0) is 6.92 Å². The quantitative estimate of drug-likeness (QED) is 0.704.